The summed E-state index contributed by atoms with van der Waals surface area (Å²) >= 11 is 0. The van der Waals surface area contributed by atoms with E-state index in [0.29, 0.717) is 24.8 Å². The third-order valence-corrected chi connectivity index (χ3v) is 5.18. The second kappa shape index (κ2) is 10.9. The Morgan fingerprint density at radius 2 is 1.89 bits per heavy atom. The number of benzene rings is 1. The summed E-state index contributed by atoms with van der Waals surface area (Å²) in [5, 5.41) is 5.99. The molecule has 0 spiro atoms. The van der Waals surface area contributed by atoms with Crippen molar-refractivity contribution in [3.05, 3.63) is 29.8 Å². The SMILES string of the molecule is CCOc1ccccc1C(CC(=O)NC(CN)C1CCCCC1)NC(C)=O. The van der Waals surface area contributed by atoms with Gasteiger partial charge >= 0.3 is 0 Å². The minimum Gasteiger partial charge on any atom is -0.494 e. The second-order valence-corrected chi connectivity index (χ2v) is 7.24. The number of amides is 2. The van der Waals surface area contributed by atoms with Crippen molar-refractivity contribution in [1.82, 2.24) is 10.6 Å². The van der Waals surface area contributed by atoms with Gasteiger partial charge in [-0.15, -0.1) is 0 Å². The molecule has 0 saturated heterocycles. The molecule has 0 aromatic heterocycles. The van der Waals surface area contributed by atoms with Crippen LogP contribution < -0.4 is 21.1 Å². The van der Waals surface area contributed by atoms with E-state index in [0.717, 1.165) is 18.4 Å². The van der Waals surface area contributed by atoms with Gasteiger partial charge in [-0.25, -0.2) is 0 Å². The number of ether oxygens (including phenoxy) is 1. The van der Waals surface area contributed by atoms with Crippen molar-refractivity contribution < 1.29 is 14.3 Å². The van der Waals surface area contributed by atoms with Gasteiger partial charge in [0.15, 0.2) is 0 Å². The Hall–Kier alpha value is -2.08. The smallest absolute Gasteiger partial charge is 0.222 e. The third-order valence-electron chi connectivity index (χ3n) is 5.18. The molecule has 1 aromatic carbocycles. The van der Waals surface area contributed by atoms with E-state index in [1.165, 1.54) is 26.2 Å². The maximum atomic E-state index is 12.7. The van der Waals surface area contributed by atoms with Gasteiger partial charge < -0.3 is 21.1 Å². The van der Waals surface area contributed by atoms with Gasteiger partial charge in [0.05, 0.1) is 19.1 Å². The Bertz CT molecular complexity index is 614. The van der Waals surface area contributed by atoms with Crippen molar-refractivity contribution in [3.63, 3.8) is 0 Å². The fourth-order valence-electron chi connectivity index (χ4n) is 3.90. The normalized spacial score (nSPS) is 17.0. The zero-order valence-corrected chi connectivity index (χ0v) is 16.5. The molecule has 2 unspecified atom stereocenters. The molecule has 27 heavy (non-hydrogen) atoms. The van der Waals surface area contributed by atoms with Gasteiger partial charge in [-0.05, 0) is 31.7 Å². The van der Waals surface area contributed by atoms with Crippen LogP contribution in [0.15, 0.2) is 24.3 Å². The van der Waals surface area contributed by atoms with Crippen LogP contribution in [0.3, 0.4) is 0 Å². The number of carbonyl (C=O) groups excluding carboxylic acids is 2. The zero-order valence-electron chi connectivity index (χ0n) is 16.5. The highest BCUT2D eigenvalue weighted by Crippen LogP contribution is 2.29. The van der Waals surface area contributed by atoms with Gasteiger partial charge in [-0.1, -0.05) is 37.5 Å². The van der Waals surface area contributed by atoms with Gasteiger partial charge in [-0.2, -0.15) is 0 Å². The maximum absolute atomic E-state index is 12.7. The number of para-hydroxylation sites is 1. The standard InChI is InChI=1S/C21H33N3O3/c1-3-27-20-12-8-7-11-17(20)18(23-15(2)25)13-21(26)24-19(14-22)16-9-5-4-6-10-16/h7-8,11-12,16,18-19H,3-6,9-10,13-14,22H2,1-2H3,(H,23,25)(H,24,26). The van der Waals surface area contributed by atoms with Gasteiger partial charge in [0, 0.05) is 25.1 Å². The quantitative estimate of drug-likeness (QED) is 0.619. The Labute approximate surface area is 162 Å². The lowest BCUT2D eigenvalue weighted by Gasteiger charge is -2.30. The van der Waals surface area contributed by atoms with Crippen LogP contribution in [0.5, 0.6) is 5.75 Å². The average Bonchev–Trinajstić information content (AvgIpc) is 2.66. The molecule has 0 heterocycles. The maximum Gasteiger partial charge on any atom is 0.222 e. The Balaban J connectivity index is 2.08. The van der Waals surface area contributed by atoms with Crippen LogP contribution in [0.1, 0.15) is 64.0 Å². The molecule has 0 aliphatic heterocycles. The average molecular weight is 376 g/mol. The van der Waals surface area contributed by atoms with Crippen molar-refractivity contribution in [2.75, 3.05) is 13.2 Å². The molecular weight excluding hydrogens is 342 g/mol. The van der Waals surface area contributed by atoms with Gasteiger partial charge in [-0.3, -0.25) is 9.59 Å². The molecule has 0 bridgehead atoms. The first-order valence-electron chi connectivity index (χ1n) is 10.0. The van der Waals surface area contributed by atoms with Crippen LogP contribution in [0.4, 0.5) is 0 Å². The summed E-state index contributed by atoms with van der Waals surface area (Å²) in [7, 11) is 0. The molecule has 2 rings (SSSR count). The van der Waals surface area contributed by atoms with E-state index in [9.17, 15) is 9.59 Å². The van der Waals surface area contributed by atoms with Crippen LogP contribution in [0.2, 0.25) is 0 Å². The largest absolute Gasteiger partial charge is 0.494 e. The molecule has 6 nitrogen and oxygen atoms in total. The van der Waals surface area contributed by atoms with E-state index in [4.69, 9.17) is 10.5 Å². The summed E-state index contributed by atoms with van der Waals surface area (Å²) < 4.78 is 5.68. The van der Waals surface area contributed by atoms with Crippen LogP contribution in [-0.2, 0) is 9.59 Å². The summed E-state index contributed by atoms with van der Waals surface area (Å²) in [5.41, 5.74) is 6.75. The first kappa shape index (κ1) is 21.2. The van der Waals surface area contributed by atoms with Crippen molar-refractivity contribution in [3.8, 4) is 5.75 Å². The third kappa shape index (κ3) is 6.54. The summed E-state index contributed by atoms with van der Waals surface area (Å²) in [6.45, 7) is 4.33. The number of nitrogens with one attached hydrogen (secondary N) is 2. The molecule has 6 heteroatoms. The predicted molar refractivity (Wildman–Crippen MR) is 106 cm³/mol. The number of rotatable bonds is 9. The van der Waals surface area contributed by atoms with E-state index in [1.807, 2.05) is 31.2 Å². The number of hydrogen-bond acceptors (Lipinski definition) is 4. The van der Waals surface area contributed by atoms with E-state index in [1.54, 1.807) is 0 Å². The van der Waals surface area contributed by atoms with Gasteiger partial charge in [0.2, 0.25) is 11.8 Å². The molecule has 1 saturated carbocycles. The predicted octanol–water partition coefficient (Wildman–Crippen LogP) is 2.68. The molecule has 1 fully saturated rings. The summed E-state index contributed by atoms with van der Waals surface area (Å²) in [4.78, 5) is 24.4. The molecular formula is C21H33N3O3. The summed E-state index contributed by atoms with van der Waals surface area (Å²) in [6.07, 6.45) is 6.06. The van der Waals surface area contributed by atoms with Crippen molar-refractivity contribution in [1.29, 1.82) is 0 Å². The Kier molecular flexibility index (Phi) is 8.58. The van der Waals surface area contributed by atoms with E-state index >= 15 is 0 Å². The highest BCUT2D eigenvalue weighted by Gasteiger charge is 2.26. The van der Waals surface area contributed by atoms with Crippen molar-refractivity contribution in [2.45, 2.75) is 64.5 Å². The van der Waals surface area contributed by atoms with Gasteiger partial charge in [0.25, 0.3) is 0 Å². The molecule has 0 radical (unpaired) electrons. The van der Waals surface area contributed by atoms with Crippen LogP contribution in [0.25, 0.3) is 0 Å². The lowest BCUT2D eigenvalue weighted by Crippen LogP contribution is -2.46. The molecule has 1 aliphatic rings. The Morgan fingerprint density at radius 1 is 1.19 bits per heavy atom. The lowest BCUT2D eigenvalue weighted by atomic mass is 9.84. The molecule has 4 N–H and O–H groups in total. The topological polar surface area (TPSA) is 93.4 Å². The molecule has 1 aromatic rings. The molecule has 150 valence electrons. The zero-order chi connectivity index (χ0) is 19.6. The van der Waals surface area contributed by atoms with E-state index < -0.39 is 6.04 Å². The molecule has 1 aliphatic carbocycles. The van der Waals surface area contributed by atoms with E-state index in [-0.39, 0.29) is 24.3 Å². The van der Waals surface area contributed by atoms with Crippen LogP contribution in [0, 0.1) is 5.92 Å². The monoisotopic (exact) mass is 375 g/mol. The summed E-state index contributed by atoms with van der Waals surface area (Å²) in [5.74, 6) is 0.861. The van der Waals surface area contributed by atoms with Gasteiger partial charge in [0.1, 0.15) is 5.75 Å². The molecule has 2 amide bonds. The highest BCUT2D eigenvalue weighted by atomic mass is 16.5. The van der Waals surface area contributed by atoms with Crippen molar-refractivity contribution in [2.24, 2.45) is 11.7 Å². The lowest BCUT2D eigenvalue weighted by molar-refractivity contribution is -0.123. The first-order valence-corrected chi connectivity index (χ1v) is 10.0. The minimum absolute atomic E-state index is 0.00193. The highest BCUT2D eigenvalue weighted by molar-refractivity contribution is 5.79. The van der Waals surface area contributed by atoms with Crippen molar-refractivity contribution >= 4 is 11.8 Å². The number of carbonyl (C=O) groups is 2. The Morgan fingerprint density at radius 3 is 2.52 bits per heavy atom. The second-order valence-electron chi connectivity index (χ2n) is 7.24. The van der Waals surface area contributed by atoms with E-state index in [2.05, 4.69) is 10.6 Å². The molecule has 2 atom stereocenters. The number of hydrogen-bond donors (Lipinski definition) is 3. The summed E-state index contributed by atoms with van der Waals surface area (Å²) in [6, 6.07) is 7.08. The fourth-order valence-corrected chi connectivity index (χ4v) is 3.90. The van der Waals surface area contributed by atoms with Crippen LogP contribution in [-0.4, -0.2) is 31.0 Å². The number of nitrogens with two attached hydrogens (primary N) is 1. The minimum atomic E-state index is -0.435. The fraction of sp³-hybridized carbons (Fsp3) is 0.619. The van der Waals surface area contributed by atoms with Crippen LogP contribution >= 0.6 is 0 Å². The first-order chi connectivity index (χ1) is 13.0.